The third-order valence-corrected chi connectivity index (χ3v) is 6.02. The molecule has 3 heterocycles. The van der Waals surface area contributed by atoms with E-state index in [1.165, 1.54) is 24.7 Å². The number of benzene rings is 2. The van der Waals surface area contributed by atoms with Gasteiger partial charge in [-0.1, -0.05) is 48.5 Å². The number of hydrogen-bond acceptors (Lipinski definition) is 4. The summed E-state index contributed by atoms with van der Waals surface area (Å²) in [7, 11) is 0. The zero-order chi connectivity index (χ0) is 18.2. The Morgan fingerprint density at radius 2 is 1.70 bits per heavy atom. The van der Waals surface area contributed by atoms with Crippen molar-refractivity contribution in [3.05, 3.63) is 72.0 Å². The first-order chi connectivity index (χ1) is 13.3. The number of hydrogen-bond donors (Lipinski definition) is 0. The van der Waals surface area contributed by atoms with Gasteiger partial charge in [-0.2, -0.15) is 0 Å². The van der Waals surface area contributed by atoms with Gasteiger partial charge in [0.25, 0.3) is 0 Å². The zero-order valence-electron chi connectivity index (χ0n) is 15.2. The van der Waals surface area contributed by atoms with Crippen LogP contribution in [0.4, 0.5) is 0 Å². The number of esters is 1. The molecular weight excluding hydrogens is 338 g/mol. The van der Waals surface area contributed by atoms with Gasteiger partial charge in [-0.15, -0.1) is 0 Å². The van der Waals surface area contributed by atoms with Crippen molar-refractivity contribution >= 4 is 16.9 Å². The molecule has 1 aromatic heterocycles. The molecule has 1 unspecified atom stereocenters. The second kappa shape index (κ2) is 6.86. The number of carbonyl (C=O) groups is 1. The number of fused-ring (bicyclic) bond motifs is 3. The van der Waals surface area contributed by atoms with E-state index in [0.717, 1.165) is 30.4 Å². The first-order valence-corrected chi connectivity index (χ1v) is 9.75. The van der Waals surface area contributed by atoms with Crippen LogP contribution in [0.15, 0.2) is 65.3 Å². The van der Waals surface area contributed by atoms with Gasteiger partial charge in [-0.05, 0) is 24.5 Å². The molecule has 0 radical (unpaired) electrons. The minimum absolute atomic E-state index is 0.00399. The highest BCUT2D eigenvalue weighted by atomic mass is 16.5. The van der Waals surface area contributed by atoms with Crippen LogP contribution in [0.5, 0.6) is 0 Å². The van der Waals surface area contributed by atoms with Gasteiger partial charge in [0.2, 0.25) is 0 Å². The average Bonchev–Trinajstić information content (AvgIpc) is 3.21. The lowest BCUT2D eigenvalue weighted by molar-refractivity contribution is -0.00795. The van der Waals surface area contributed by atoms with Crippen LogP contribution in [0.1, 0.15) is 41.6 Å². The quantitative estimate of drug-likeness (QED) is 0.627. The molecule has 27 heavy (non-hydrogen) atoms. The minimum Gasteiger partial charge on any atom is -0.463 e. The van der Waals surface area contributed by atoms with E-state index in [1.807, 2.05) is 24.3 Å². The van der Waals surface area contributed by atoms with Crippen molar-refractivity contribution in [3.63, 3.8) is 0 Å². The van der Waals surface area contributed by atoms with Gasteiger partial charge in [0.15, 0.2) is 0 Å². The van der Waals surface area contributed by atoms with E-state index in [0.29, 0.717) is 17.6 Å². The Hall–Kier alpha value is -2.59. The highest BCUT2D eigenvalue weighted by molar-refractivity contribution is 6.03. The fourth-order valence-corrected chi connectivity index (χ4v) is 4.72. The standard InChI is InChI=1S/C23H23NO3/c25-23(21-15-26-22-9-5-4-8-20(21)22)27-19-12-17-10-11-18(13-19)24(17)14-16-6-2-1-3-7-16/h1-9,15,17-19H,10-14H2/t17-,18+,19?. The molecule has 0 N–H and O–H groups in total. The summed E-state index contributed by atoms with van der Waals surface area (Å²) in [6.07, 6.45) is 5.75. The summed E-state index contributed by atoms with van der Waals surface area (Å²) in [6.45, 7) is 0.989. The highest BCUT2D eigenvalue weighted by Crippen LogP contribution is 2.38. The lowest BCUT2D eigenvalue weighted by Gasteiger charge is -2.38. The van der Waals surface area contributed by atoms with E-state index in [4.69, 9.17) is 9.15 Å². The smallest absolute Gasteiger partial charge is 0.342 e. The SMILES string of the molecule is O=C(OC1C[C@H]2CC[C@@H](C1)N2Cc1ccccc1)c1coc2ccccc12. The van der Waals surface area contributed by atoms with Crippen molar-refractivity contribution in [1.29, 1.82) is 0 Å². The molecule has 2 bridgehead atoms. The zero-order valence-corrected chi connectivity index (χ0v) is 15.2. The lowest BCUT2D eigenvalue weighted by atomic mass is 9.98. The van der Waals surface area contributed by atoms with E-state index < -0.39 is 0 Å². The predicted molar refractivity (Wildman–Crippen MR) is 103 cm³/mol. The molecule has 2 saturated heterocycles. The van der Waals surface area contributed by atoms with Gasteiger partial charge < -0.3 is 9.15 Å². The second-order valence-corrected chi connectivity index (χ2v) is 7.69. The molecule has 0 aliphatic carbocycles. The minimum atomic E-state index is -0.263. The Labute approximate surface area is 158 Å². The number of para-hydroxylation sites is 1. The van der Waals surface area contributed by atoms with Crippen LogP contribution >= 0.6 is 0 Å². The Bertz CT molecular complexity index is 934. The molecular formula is C23H23NO3. The van der Waals surface area contributed by atoms with Crippen molar-refractivity contribution in [2.75, 3.05) is 0 Å². The Morgan fingerprint density at radius 1 is 1.00 bits per heavy atom. The Kier molecular flexibility index (Phi) is 4.21. The van der Waals surface area contributed by atoms with Crippen molar-refractivity contribution in [1.82, 2.24) is 4.90 Å². The molecule has 3 aromatic rings. The monoisotopic (exact) mass is 361 g/mol. The first kappa shape index (κ1) is 16.6. The number of carbonyl (C=O) groups excluding carboxylic acids is 1. The summed E-state index contributed by atoms with van der Waals surface area (Å²) < 4.78 is 11.4. The van der Waals surface area contributed by atoms with Crippen LogP contribution in [-0.2, 0) is 11.3 Å². The molecule has 4 nitrogen and oxygen atoms in total. The summed E-state index contributed by atoms with van der Waals surface area (Å²) in [6, 6.07) is 19.2. The molecule has 0 amide bonds. The summed E-state index contributed by atoms with van der Waals surface area (Å²) in [5.74, 6) is -0.263. The Balaban J connectivity index is 1.27. The molecule has 138 valence electrons. The largest absolute Gasteiger partial charge is 0.463 e. The van der Waals surface area contributed by atoms with Crippen LogP contribution in [0.2, 0.25) is 0 Å². The molecule has 0 saturated carbocycles. The normalized spacial score (nSPS) is 25.0. The van der Waals surface area contributed by atoms with Crippen molar-refractivity contribution in [3.8, 4) is 0 Å². The van der Waals surface area contributed by atoms with E-state index in [2.05, 4.69) is 35.2 Å². The van der Waals surface area contributed by atoms with Gasteiger partial charge in [0, 0.05) is 36.9 Å². The number of rotatable bonds is 4. The fourth-order valence-electron chi connectivity index (χ4n) is 4.72. The maximum Gasteiger partial charge on any atom is 0.342 e. The third kappa shape index (κ3) is 3.15. The number of furan rings is 1. The van der Waals surface area contributed by atoms with E-state index in [9.17, 15) is 4.79 Å². The summed E-state index contributed by atoms with van der Waals surface area (Å²) >= 11 is 0. The number of ether oxygens (including phenoxy) is 1. The third-order valence-electron chi connectivity index (χ3n) is 6.02. The second-order valence-electron chi connectivity index (χ2n) is 7.69. The maximum absolute atomic E-state index is 12.7. The van der Waals surface area contributed by atoms with Crippen LogP contribution in [0.25, 0.3) is 11.0 Å². The van der Waals surface area contributed by atoms with Gasteiger partial charge >= 0.3 is 5.97 Å². The van der Waals surface area contributed by atoms with E-state index in [-0.39, 0.29) is 12.1 Å². The van der Waals surface area contributed by atoms with Crippen LogP contribution in [0.3, 0.4) is 0 Å². The maximum atomic E-state index is 12.7. The van der Waals surface area contributed by atoms with E-state index in [1.54, 1.807) is 0 Å². The summed E-state index contributed by atoms with van der Waals surface area (Å²) in [4.78, 5) is 15.3. The highest BCUT2D eigenvalue weighted by Gasteiger charge is 2.42. The number of piperidine rings is 1. The summed E-state index contributed by atoms with van der Waals surface area (Å²) in [5, 5.41) is 0.826. The van der Waals surface area contributed by atoms with Crippen LogP contribution in [-0.4, -0.2) is 29.1 Å². The predicted octanol–water partition coefficient (Wildman–Crippen LogP) is 4.79. The molecule has 2 aliphatic heterocycles. The molecule has 0 spiro atoms. The average molecular weight is 361 g/mol. The molecule has 2 fully saturated rings. The lowest BCUT2D eigenvalue weighted by Crippen LogP contribution is -2.45. The van der Waals surface area contributed by atoms with Crippen LogP contribution in [0, 0.1) is 0 Å². The molecule has 5 rings (SSSR count). The topological polar surface area (TPSA) is 42.7 Å². The summed E-state index contributed by atoms with van der Waals surface area (Å²) in [5.41, 5.74) is 2.61. The van der Waals surface area contributed by atoms with Gasteiger partial charge in [-0.3, -0.25) is 4.90 Å². The van der Waals surface area contributed by atoms with Crippen molar-refractivity contribution < 1.29 is 13.9 Å². The van der Waals surface area contributed by atoms with Gasteiger partial charge in [-0.25, -0.2) is 4.79 Å². The molecule has 4 heteroatoms. The van der Waals surface area contributed by atoms with E-state index >= 15 is 0 Å². The fraction of sp³-hybridized carbons (Fsp3) is 0.348. The van der Waals surface area contributed by atoms with Crippen molar-refractivity contribution in [2.24, 2.45) is 0 Å². The molecule has 2 aliphatic rings. The molecule has 2 aromatic carbocycles. The van der Waals surface area contributed by atoms with Crippen LogP contribution < -0.4 is 0 Å². The molecule has 3 atom stereocenters. The first-order valence-electron chi connectivity index (χ1n) is 9.75. The van der Waals surface area contributed by atoms with Gasteiger partial charge in [0.1, 0.15) is 23.5 Å². The van der Waals surface area contributed by atoms with Crippen molar-refractivity contribution in [2.45, 2.75) is 50.4 Å². The Morgan fingerprint density at radius 3 is 2.48 bits per heavy atom. The number of nitrogens with zero attached hydrogens (tertiary/aromatic N) is 1. The van der Waals surface area contributed by atoms with Gasteiger partial charge in [0.05, 0.1) is 0 Å².